The van der Waals surface area contributed by atoms with Crippen LogP contribution in [0.2, 0.25) is 0 Å². The van der Waals surface area contributed by atoms with Crippen LogP contribution in [0.1, 0.15) is 57.2 Å². The normalized spacial score (nSPS) is 12.6. The maximum atomic E-state index is 9.42. The molecule has 4 rings (SSSR count). The summed E-state index contributed by atoms with van der Waals surface area (Å²) in [5, 5.41) is 23.2. The number of rotatable bonds is 10. The van der Waals surface area contributed by atoms with Crippen molar-refractivity contribution in [2.24, 2.45) is 5.73 Å². The zero-order chi connectivity index (χ0) is 26.6. The molecule has 1 aromatic heterocycles. The zero-order valence-corrected chi connectivity index (χ0v) is 22.2. The molecule has 1 atom stereocenters. The quantitative estimate of drug-likeness (QED) is 0.285. The molecule has 194 valence electrons. The lowest BCUT2D eigenvalue weighted by molar-refractivity contribution is 0.115. The van der Waals surface area contributed by atoms with E-state index in [2.05, 4.69) is 69.2 Å². The topological polar surface area (TPSA) is 105 Å². The molecule has 6 nitrogen and oxygen atoms in total. The largest absolute Gasteiger partial charge is 0.394 e. The first kappa shape index (κ1) is 26.7. The smallest absolute Gasteiger partial charge is 0.234 e. The van der Waals surface area contributed by atoms with Gasteiger partial charge in [-0.15, -0.1) is 0 Å². The van der Waals surface area contributed by atoms with Gasteiger partial charge in [-0.2, -0.15) is 4.98 Å². The van der Waals surface area contributed by atoms with Crippen LogP contribution in [0.25, 0.3) is 11.4 Å². The van der Waals surface area contributed by atoms with E-state index in [0.29, 0.717) is 24.6 Å². The predicted octanol–water partition coefficient (Wildman–Crippen LogP) is 4.96. The molecule has 0 aliphatic rings. The third-order valence-corrected chi connectivity index (χ3v) is 7.15. The number of hydrogen-bond donors (Lipinski definition) is 3. The second-order valence-electron chi connectivity index (χ2n) is 10.4. The van der Waals surface area contributed by atoms with Gasteiger partial charge in [-0.3, -0.25) is 0 Å². The molecule has 0 bridgehead atoms. The fraction of sp³-hybridized carbons (Fsp3) is 0.355. The van der Waals surface area contributed by atoms with Crippen molar-refractivity contribution >= 4 is 0 Å². The van der Waals surface area contributed by atoms with E-state index in [4.69, 9.17) is 15.2 Å². The molecular formula is C31H37N3O3. The minimum atomic E-state index is -0.972. The Hall–Kier alpha value is -3.32. The standard InChI is InChI=1S/C31H37N3O3/c1-20-13-21(2)15-27(14-20)28(17-25-6-5-22(3)23(4)16-25)30-33-29(34-37-30)26-9-7-24(8-10-26)11-12-31(32,18-35)19-36/h5-10,13-16,28,35-36H,11-12,17-19,32H2,1-4H3. The third kappa shape index (κ3) is 6.52. The van der Waals surface area contributed by atoms with Crippen LogP contribution in [0.15, 0.2) is 65.2 Å². The Morgan fingerprint density at radius 2 is 1.49 bits per heavy atom. The average molecular weight is 500 g/mol. The summed E-state index contributed by atoms with van der Waals surface area (Å²) in [5.74, 6) is 1.09. The van der Waals surface area contributed by atoms with Crippen LogP contribution in [0, 0.1) is 27.7 Å². The van der Waals surface area contributed by atoms with Crippen molar-refractivity contribution < 1.29 is 14.7 Å². The van der Waals surface area contributed by atoms with Gasteiger partial charge in [-0.25, -0.2) is 0 Å². The Balaban J connectivity index is 1.60. The van der Waals surface area contributed by atoms with Crippen molar-refractivity contribution in [3.05, 3.63) is 105 Å². The maximum Gasteiger partial charge on any atom is 0.234 e. The Bertz CT molecular complexity index is 1320. The maximum absolute atomic E-state index is 9.42. The highest BCUT2D eigenvalue weighted by Crippen LogP contribution is 2.31. The minimum absolute atomic E-state index is 0.0594. The van der Waals surface area contributed by atoms with Crippen LogP contribution in [0.4, 0.5) is 0 Å². The molecule has 0 saturated heterocycles. The number of aliphatic hydroxyl groups is 2. The molecule has 0 saturated carbocycles. The van der Waals surface area contributed by atoms with Gasteiger partial charge in [0, 0.05) is 5.56 Å². The van der Waals surface area contributed by atoms with Crippen LogP contribution in [-0.4, -0.2) is 39.1 Å². The predicted molar refractivity (Wildman–Crippen MR) is 147 cm³/mol. The number of nitrogens with zero attached hydrogens (tertiary/aromatic N) is 2. The molecule has 4 N–H and O–H groups in total. The fourth-order valence-corrected chi connectivity index (χ4v) is 4.64. The molecule has 1 heterocycles. The lowest BCUT2D eigenvalue weighted by Gasteiger charge is -2.24. The zero-order valence-electron chi connectivity index (χ0n) is 22.2. The Morgan fingerprint density at radius 1 is 0.838 bits per heavy atom. The van der Waals surface area contributed by atoms with Crippen molar-refractivity contribution in [3.63, 3.8) is 0 Å². The summed E-state index contributed by atoms with van der Waals surface area (Å²) in [7, 11) is 0. The highest BCUT2D eigenvalue weighted by molar-refractivity contribution is 5.55. The summed E-state index contributed by atoms with van der Waals surface area (Å²) < 4.78 is 5.86. The molecule has 0 radical (unpaired) electrons. The molecule has 3 aromatic carbocycles. The van der Waals surface area contributed by atoms with E-state index in [9.17, 15) is 10.2 Å². The van der Waals surface area contributed by atoms with E-state index >= 15 is 0 Å². The molecule has 0 amide bonds. The van der Waals surface area contributed by atoms with Crippen LogP contribution in [-0.2, 0) is 12.8 Å². The SMILES string of the molecule is Cc1cc(C)cc(C(Cc2ccc(C)c(C)c2)c2nc(-c3ccc(CCC(N)(CO)CO)cc3)no2)c1. The van der Waals surface area contributed by atoms with Gasteiger partial charge in [-0.05, 0) is 74.8 Å². The number of nitrogens with two attached hydrogens (primary N) is 1. The van der Waals surface area contributed by atoms with Crippen LogP contribution >= 0.6 is 0 Å². The van der Waals surface area contributed by atoms with Gasteiger partial charge in [0.25, 0.3) is 0 Å². The number of aromatic nitrogens is 2. The first-order valence-electron chi connectivity index (χ1n) is 12.8. The number of hydrogen-bond acceptors (Lipinski definition) is 6. The Labute approximate surface area is 219 Å². The lowest BCUT2D eigenvalue weighted by atomic mass is 9.89. The molecule has 0 aliphatic heterocycles. The number of aliphatic hydroxyl groups excluding tert-OH is 2. The first-order chi connectivity index (χ1) is 17.7. The molecule has 4 aromatic rings. The Morgan fingerprint density at radius 3 is 2.11 bits per heavy atom. The average Bonchev–Trinajstić information content (AvgIpc) is 3.37. The van der Waals surface area contributed by atoms with Crippen molar-refractivity contribution in [1.29, 1.82) is 0 Å². The van der Waals surface area contributed by atoms with Gasteiger partial charge in [0.05, 0.1) is 24.7 Å². The van der Waals surface area contributed by atoms with E-state index in [1.165, 1.54) is 33.4 Å². The third-order valence-electron chi connectivity index (χ3n) is 7.15. The van der Waals surface area contributed by atoms with Gasteiger partial charge in [0.2, 0.25) is 11.7 Å². The van der Waals surface area contributed by atoms with E-state index in [1.54, 1.807) is 0 Å². The van der Waals surface area contributed by atoms with Crippen molar-refractivity contribution in [3.8, 4) is 11.4 Å². The number of aryl methyl sites for hydroxylation is 5. The highest BCUT2D eigenvalue weighted by Gasteiger charge is 2.24. The monoisotopic (exact) mass is 499 g/mol. The van der Waals surface area contributed by atoms with Gasteiger partial charge >= 0.3 is 0 Å². The highest BCUT2D eigenvalue weighted by atomic mass is 16.5. The summed E-state index contributed by atoms with van der Waals surface area (Å²) in [6.07, 6.45) is 1.91. The van der Waals surface area contributed by atoms with Gasteiger partial charge in [0.1, 0.15) is 0 Å². The van der Waals surface area contributed by atoms with Crippen molar-refractivity contribution in [2.75, 3.05) is 13.2 Å². The summed E-state index contributed by atoms with van der Waals surface area (Å²) in [4.78, 5) is 4.83. The molecule has 0 spiro atoms. The van der Waals surface area contributed by atoms with E-state index < -0.39 is 5.54 Å². The van der Waals surface area contributed by atoms with Crippen LogP contribution in [0.5, 0.6) is 0 Å². The van der Waals surface area contributed by atoms with Gasteiger partial charge in [-0.1, -0.05) is 76.9 Å². The minimum Gasteiger partial charge on any atom is -0.394 e. The lowest BCUT2D eigenvalue weighted by Crippen LogP contribution is -2.47. The van der Waals surface area contributed by atoms with E-state index in [1.807, 2.05) is 24.3 Å². The molecular weight excluding hydrogens is 462 g/mol. The Kier molecular flexibility index (Phi) is 8.22. The van der Waals surface area contributed by atoms with Crippen molar-refractivity contribution in [1.82, 2.24) is 10.1 Å². The van der Waals surface area contributed by atoms with Gasteiger partial charge in [0.15, 0.2) is 0 Å². The first-order valence-corrected chi connectivity index (χ1v) is 12.8. The summed E-state index contributed by atoms with van der Waals surface area (Å²) in [6.45, 7) is 7.98. The second-order valence-corrected chi connectivity index (χ2v) is 10.4. The van der Waals surface area contributed by atoms with E-state index in [0.717, 1.165) is 17.5 Å². The second kappa shape index (κ2) is 11.4. The fourth-order valence-electron chi connectivity index (χ4n) is 4.64. The van der Waals surface area contributed by atoms with Crippen LogP contribution < -0.4 is 5.73 Å². The van der Waals surface area contributed by atoms with Crippen molar-refractivity contribution in [2.45, 2.75) is 58.4 Å². The van der Waals surface area contributed by atoms with Crippen LogP contribution in [0.3, 0.4) is 0 Å². The molecule has 0 fully saturated rings. The number of benzene rings is 3. The summed E-state index contributed by atoms with van der Waals surface area (Å²) in [6, 6.07) is 21.1. The summed E-state index contributed by atoms with van der Waals surface area (Å²) in [5.41, 5.74) is 14.3. The molecule has 6 heteroatoms. The van der Waals surface area contributed by atoms with E-state index in [-0.39, 0.29) is 19.1 Å². The molecule has 0 aliphatic carbocycles. The summed E-state index contributed by atoms with van der Waals surface area (Å²) >= 11 is 0. The molecule has 37 heavy (non-hydrogen) atoms. The molecule has 1 unspecified atom stereocenters. The van der Waals surface area contributed by atoms with Gasteiger partial charge < -0.3 is 20.5 Å².